The molecule has 0 aliphatic carbocycles. The number of nitrogens with one attached hydrogen (secondary N) is 1. The molecule has 1 N–H and O–H groups in total. The smallest absolute Gasteiger partial charge is 0.124 e. The van der Waals surface area contributed by atoms with Crippen molar-refractivity contribution in [3.05, 3.63) is 58.3 Å². The summed E-state index contributed by atoms with van der Waals surface area (Å²) in [7, 11) is 0. The highest BCUT2D eigenvalue weighted by Crippen LogP contribution is 2.34. The summed E-state index contributed by atoms with van der Waals surface area (Å²) in [6, 6.07) is 12.7. The SMILES string of the molecule is CCOc1ccc(Br)cc1C(Cc1ccccn1)N1CCCNCC1. The molecule has 1 atom stereocenters. The van der Waals surface area contributed by atoms with Crippen molar-refractivity contribution in [2.45, 2.75) is 25.8 Å². The number of nitrogens with zero attached hydrogens (tertiary/aromatic N) is 2. The Morgan fingerprint density at radius 2 is 2.16 bits per heavy atom. The maximum atomic E-state index is 5.95. The van der Waals surface area contributed by atoms with Gasteiger partial charge in [-0.2, -0.15) is 0 Å². The topological polar surface area (TPSA) is 37.4 Å². The fourth-order valence-corrected chi connectivity index (χ4v) is 3.78. The largest absolute Gasteiger partial charge is 0.494 e. The van der Waals surface area contributed by atoms with Crippen LogP contribution in [0.15, 0.2) is 47.1 Å². The van der Waals surface area contributed by atoms with Crippen LogP contribution < -0.4 is 10.1 Å². The van der Waals surface area contributed by atoms with Gasteiger partial charge in [0.05, 0.1) is 6.61 Å². The van der Waals surface area contributed by atoms with Crippen molar-refractivity contribution in [1.82, 2.24) is 15.2 Å². The lowest BCUT2D eigenvalue weighted by atomic mass is 9.98. The summed E-state index contributed by atoms with van der Waals surface area (Å²) >= 11 is 3.64. The lowest BCUT2D eigenvalue weighted by Gasteiger charge is -2.32. The highest BCUT2D eigenvalue weighted by atomic mass is 79.9. The van der Waals surface area contributed by atoms with Crippen molar-refractivity contribution in [3.63, 3.8) is 0 Å². The monoisotopic (exact) mass is 403 g/mol. The van der Waals surface area contributed by atoms with Crippen molar-refractivity contribution >= 4 is 15.9 Å². The summed E-state index contributed by atoms with van der Waals surface area (Å²) in [5, 5.41) is 3.50. The molecule has 2 heterocycles. The molecule has 25 heavy (non-hydrogen) atoms. The summed E-state index contributed by atoms with van der Waals surface area (Å²) in [6.45, 7) is 6.94. The van der Waals surface area contributed by atoms with Gasteiger partial charge < -0.3 is 10.1 Å². The first-order chi connectivity index (χ1) is 12.3. The Morgan fingerprint density at radius 3 is 2.96 bits per heavy atom. The van der Waals surface area contributed by atoms with Gasteiger partial charge in [-0.1, -0.05) is 22.0 Å². The number of ether oxygens (including phenoxy) is 1. The molecule has 5 heteroatoms. The molecule has 0 saturated carbocycles. The Kier molecular flexibility index (Phi) is 6.84. The first-order valence-corrected chi connectivity index (χ1v) is 9.84. The van der Waals surface area contributed by atoms with Crippen LogP contribution in [0.3, 0.4) is 0 Å². The van der Waals surface area contributed by atoms with Crippen molar-refractivity contribution in [2.75, 3.05) is 32.8 Å². The van der Waals surface area contributed by atoms with Crippen LogP contribution in [0.2, 0.25) is 0 Å². The van der Waals surface area contributed by atoms with Crippen LogP contribution >= 0.6 is 15.9 Å². The first kappa shape index (κ1) is 18.4. The first-order valence-electron chi connectivity index (χ1n) is 9.05. The molecule has 0 bridgehead atoms. The van der Waals surface area contributed by atoms with Crippen LogP contribution in [-0.2, 0) is 6.42 Å². The third-order valence-corrected chi connectivity index (χ3v) is 5.07. The molecule has 4 nitrogen and oxygen atoms in total. The summed E-state index contributed by atoms with van der Waals surface area (Å²) in [5.74, 6) is 0.976. The van der Waals surface area contributed by atoms with Gasteiger partial charge in [-0.25, -0.2) is 0 Å². The van der Waals surface area contributed by atoms with Gasteiger partial charge in [0.25, 0.3) is 0 Å². The van der Waals surface area contributed by atoms with Gasteiger partial charge in [0.2, 0.25) is 0 Å². The van der Waals surface area contributed by atoms with Crippen LogP contribution in [0, 0.1) is 0 Å². The fourth-order valence-electron chi connectivity index (χ4n) is 3.40. The minimum atomic E-state index is 0.258. The van der Waals surface area contributed by atoms with E-state index in [4.69, 9.17) is 4.74 Å². The molecule has 1 unspecified atom stereocenters. The lowest BCUT2D eigenvalue weighted by Crippen LogP contribution is -2.34. The average molecular weight is 404 g/mol. The number of halogens is 1. The highest BCUT2D eigenvalue weighted by Gasteiger charge is 2.25. The molecule has 0 amide bonds. The number of hydrogen-bond donors (Lipinski definition) is 1. The van der Waals surface area contributed by atoms with E-state index in [9.17, 15) is 0 Å². The Balaban J connectivity index is 1.96. The standard InChI is InChI=1S/C20H26BrN3O/c1-2-25-20-8-7-16(21)14-18(20)19(15-17-6-3-4-10-23-17)24-12-5-9-22-11-13-24/h3-4,6-8,10,14,19,22H,2,5,9,11-13,15H2,1H3. The third kappa shape index (κ3) is 5.03. The molecule has 1 aliphatic rings. The molecule has 1 fully saturated rings. The number of aromatic nitrogens is 1. The molecule has 1 aromatic carbocycles. The van der Waals surface area contributed by atoms with Gasteiger partial charge in [0.1, 0.15) is 5.75 Å². The predicted octanol–water partition coefficient (Wildman–Crippen LogP) is 3.82. The van der Waals surface area contributed by atoms with Crippen LogP contribution in [0.4, 0.5) is 0 Å². The quantitative estimate of drug-likeness (QED) is 0.795. The van der Waals surface area contributed by atoms with Crippen LogP contribution in [0.25, 0.3) is 0 Å². The molecular weight excluding hydrogens is 378 g/mol. The fraction of sp³-hybridized carbons (Fsp3) is 0.450. The van der Waals surface area contributed by atoms with E-state index in [-0.39, 0.29) is 6.04 Å². The summed E-state index contributed by atoms with van der Waals surface area (Å²) in [5.41, 5.74) is 2.36. The lowest BCUT2D eigenvalue weighted by molar-refractivity contribution is 0.202. The maximum Gasteiger partial charge on any atom is 0.124 e. The molecule has 134 valence electrons. The van der Waals surface area contributed by atoms with Crippen molar-refractivity contribution in [1.29, 1.82) is 0 Å². The highest BCUT2D eigenvalue weighted by molar-refractivity contribution is 9.10. The zero-order valence-electron chi connectivity index (χ0n) is 14.7. The number of rotatable bonds is 6. The average Bonchev–Trinajstić information content (AvgIpc) is 2.92. The van der Waals surface area contributed by atoms with Crippen LogP contribution in [0.1, 0.15) is 30.6 Å². The maximum absolute atomic E-state index is 5.95. The number of pyridine rings is 1. The second-order valence-electron chi connectivity index (χ2n) is 6.30. The summed E-state index contributed by atoms with van der Waals surface area (Å²) in [4.78, 5) is 7.13. The van der Waals surface area contributed by atoms with E-state index in [1.165, 1.54) is 5.56 Å². The van der Waals surface area contributed by atoms with Gasteiger partial charge in [-0.3, -0.25) is 9.88 Å². The zero-order chi connectivity index (χ0) is 17.5. The van der Waals surface area contributed by atoms with E-state index in [1.54, 1.807) is 0 Å². The van der Waals surface area contributed by atoms with E-state index in [0.29, 0.717) is 6.61 Å². The van der Waals surface area contributed by atoms with Crippen molar-refractivity contribution < 1.29 is 4.74 Å². The Labute approximate surface area is 158 Å². The zero-order valence-corrected chi connectivity index (χ0v) is 16.3. The Hall–Kier alpha value is -1.43. The van der Waals surface area contributed by atoms with Gasteiger partial charge in [-0.15, -0.1) is 0 Å². The minimum Gasteiger partial charge on any atom is -0.494 e. The van der Waals surface area contributed by atoms with Crippen molar-refractivity contribution in [3.8, 4) is 5.75 Å². The second kappa shape index (κ2) is 9.32. The number of benzene rings is 1. The van der Waals surface area contributed by atoms with Gasteiger partial charge in [-0.05, 0) is 50.2 Å². The second-order valence-corrected chi connectivity index (χ2v) is 7.21. The molecule has 1 aromatic heterocycles. The summed E-state index contributed by atoms with van der Waals surface area (Å²) in [6.07, 6.45) is 3.93. The van der Waals surface area contributed by atoms with Gasteiger partial charge in [0.15, 0.2) is 0 Å². The molecule has 1 aliphatic heterocycles. The van der Waals surface area contributed by atoms with E-state index < -0.39 is 0 Å². The van der Waals surface area contributed by atoms with E-state index in [1.807, 2.05) is 19.2 Å². The van der Waals surface area contributed by atoms with Crippen LogP contribution in [-0.4, -0.2) is 42.7 Å². The predicted molar refractivity (Wildman–Crippen MR) is 105 cm³/mol. The Morgan fingerprint density at radius 1 is 1.24 bits per heavy atom. The molecule has 2 aromatic rings. The van der Waals surface area contributed by atoms with E-state index >= 15 is 0 Å². The molecule has 0 spiro atoms. The van der Waals surface area contributed by atoms with Gasteiger partial charge in [0, 0.05) is 54.0 Å². The van der Waals surface area contributed by atoms with Crippen molar-refractivity contribution in [2.24, 2.45) is 0 Å². The van der Waals surface area contributed by atoms with Gasteiger partial charge >= 0.3 is 0 Å². The third-order valence-electron chi connectivity index (χ3n) is 4.57. The molecular formula is C20H26BrN3O. The normalized spacial score (nSPS) is 17.0. The molecule has 0 radical (unpaired) electrons. The molecule has 1 saturated heterocycles. The van der Waals surface area contributed by atoms with E-state index in [2.05, 4.69) is 61.5 Å². The van der Waals surface area contributed by atoms with Crippen LogP contribution in [0.5, 0.6) is 5.75 Å². The number of hydrogen-bond acceptors (Lipinski definition) is 4. The minimum absolute atomic E-state index is 0.258. The molecule has 3 rings (SSSR count). The Bertz CT molecular complexity index is 657. The van der Waals surface area contributed by atoms with E-state index in [0.717, 1.165) is 54.9 Å². The summed E-state index contributed by atoms with van der Waals surface area (Å²) < 4.78 is 7.04.